The molecular weight excluding hydrogens is 190 g/mol. The van der Waals surface area contributed by atoms with Gasteiger partial charge in [0.2, 0.25) is 0 Å². The molecule has 0 rings (SSSR count). The van der Waals surface area contributed by atoms with E-state index in [0.29, 0.717) is 13.0 Å². The first-order valence-corrected chi connectivity index (χ1v) is 5.86. The molecule has 2 N–H and O–H groups in total. The van der Waals surface area contributed by atoms with E-state index < -0.39 is 0 Å². The van der Waals surface area contributed by atoms with Gasteiger partial charge in [0.15, 0.2) is 0 Å². The minimum absolute atomic E-state index is 0.0371. The minimum Gasteiger partial charge on any atom is -0.466 e. The summed E-state index contributed by atoms with van der Waals surface area (Å²) in [5.74, 6) is -0.130. The molecule has 0 aliphatic carbocycles. The Morgan fingerprint density at radius 1 is 1.40 bits per heavy atom. The smallest absolute Gasteiger partial charge is 0.308 e. The van der Waals surface area contributed by atoms with Gasteiger partial charge >= 0.3 is 5.97 Å². The Hall–Kier alpha value is -0.570. The van der Waals surface area contributed by atoms with Crippen molar-refractivity contribution in [1.82, 2.24) is 0 Å². The molecule has 0 aliphatic rings. The molecule has 0 amide bonds. The summed E-state index contributed by atoms with van der Waals surface area (Å²) in [6.07, 6.45) is 3.74. The first kappa shape index (κ1) is 14.4. The highest BCUT2D eigenvalue weighted by atomic mass is 16.5. The number of esters is 1. The lowest BCUT2D eigenvalue weighted by molar-refractivity contribution is -0.149. The van der Waals surface area contributed by atoms with Crippen LogP contribution >= 0.6 is 0 Å². The van der Waals surface area contributed by atoms with Crippen LogP contribution in [0.2, 0.25) is 0 Å². The number of unbranched alkanes of at least 4 members (excludes halogenated alkanes) is 1. The zero-order valence-electron chi connectivity index (χ0n) is 10.5. The van der Waals surface area contributed by atoms with Crippen LogP contribution in [-0.2, 0) is 9.53 Å². The van der Waals surface area contributed by atoms with Gasteiger partial charge < -0.3 is 10.5 Å². The van der Waals surface area contributed by atoms with Crippen LogP contribution in [-0.4, -0.2) is 18.1 Å². The predicted molar refractivity (Wildman–Crippen MR) is 62.5 cm³/mol. The summed E-state index contributed by atoms with van der Waals surface area (Å²) in [6.45, 7) is 8.31. The molecule has 0 aromatic rings. The molecule has 0 saturated carbocycles. The van der Waals surface area contributed by atoms with E-state index in [2.05, 4.69) is 6.92 Å². The third-order valence-corrected chi connectivity index (χ3v) is 2.30. The SMILES string of the molecule is CCCCC(CC(C)(C)N)C(=O)OCC. The number of ether oxygens (including phenoxy) is 1. The summed E-state index contributed by atoms with van der Waals surface area (Å²) in [5, 5.41) is 0. The van der Waals surface area contributed by atoms with Crippen molar-refractivity contribution in [2.45, 2.75) is 58.9 Å². The number of hydrogen-bond donors (Lipinski definition) is 1. The molecule has 0 radical (unpaired) electrons. The first-order chi connectivity index (χ1) is 6.90. The van der Waals surface area contributed by atoms with Gasteiger partial charge in [-0.3, -0.25) is 4.79 Å². The second-order valence-electron chi connectivity index (χ2n) is 4.78. The second kappa shape index (κ2) is 6.83. The molecule has 90 valence electrons. The van der Waals surface area contributed by atoms with Crippen molar-refractivity contribution in [3.63, 3.8) is 0 Å². The van der Waals surface area contributed by atoms with E-state index in [9.17, 15) is 4.79 Å². The van der Waals surface area contributed by atoms with Gasteiger partial charge in [-0.15, -0.1) is 0 Å². The normalized spacial score (nSPS) is 13.7. The topological polar surface area (TPSA) is 52.3 Å². The van der Waals surface area contributed by atoms with E-state index in [4.69, 9.17) is 10.5 Å². The zero-order chi connectivity index (χ0) is 11.9. The van der Waals surface area contributed by atoms with E-state index in [1.54, 1.807) is 0 Å². The second-order valence-corrected chi connectivity index (χ2v) is 4.78. The van der Waals surface area contributed by atoms with Crippen molar-refractivity contribution in [1.29, 1.82) is 0 Å². The van der Waals surface area contributed by atoms with Crippen molar-refractivity contribution in [2.24, 2.45) is 11.7 Å². The summed E-state index contributed by atoms with van der Waals surface area (Å²) in [4.78, 5) is 11.6. The highest BCUT2D eigenvalue weighted by Gasteiger charge is 2.25. The molecule has 0 aromatic heterocycles. The number of carbonyl (C=O) groups excluding carboxylic acids is 1. The first-order valence-electron chi connectivity index (χ1n) is 5.86. The molecule has 0 heterocycles. The van der Waals surface area contributed by atoms with Gasteiger partial charge in [0, 0.05) is 5.54 Å². The predicted octanol–water partition coefficient (Wildman–Crippen LogP) is 2.48. The van der Waals surface area contributed by atoms with Crippen LogP contribution in [0.25, 0.3) is 0 Å². The largest absolute Gasteiger partial charge is 0.466 e. The van der Waals surface area contributed by atoms with Crippen LogP contribution < -0.4 is 5.73 Å². The quantitative estimate of drug-likeness (QED) is 0.664. The molecule has 1 atom stereocenters. The summed E-state index contributed by atoms with van der Waals surface area (Å²) in [7, 11) is 0. The molecule has 0 bridgehead atoms. The summed E-state index contributed by atoms with van der Waals surface area (Å²) in [5.41, 5.74) is 5.63. The molecule has 0 aliphatic heterocycles. The Morgan fingerprint density at radius 2 is 2.00 bits per heavy atom. The van der Waals surface area contributed by atoms with E-state index in [1.165, 1.54) is 0 Å². The van der Waals surface area contributed by atoms with Crippen LogP contribution in [0.1, 0.15) is 53.4 Å². The van der Waals surface area contributed by atoms with Crippen molar-refractivity contribution >= 4 is 5.97 Å². The van der Waals surface area contributed by atoms with Gasteiger partial charge in [-0.1, -0.05) is 19.8 Å². The molecular formula is C12H25NO2. The molecule has 0 spiro atoms. The fourth-order valence-corrected chi connectivity index (χ4v) is 1.65. The van der Waals surface area contributed by atoms with E-state index in [-0.39, 0.29) is 17.4 Å². The van der Waals surface area contributed by atoms with Gasteiger partial charge in [-0.05, 0) is 33.6 Å². The average Bonchev–Trinajstić information content (AvgIpc) is 2.10. The maximum atomic E-state index is 11.6. The Kier molecular flexibility index (Phi) is 6.57. The number of nitrogens with two attached hydrogens (primary N) is 1. The van der Waals surface area contributed by atoms with Crippen LogP contribution in [0.3, 0.4) is 0 Å². The fourth-order valence-electron chi connectivity index (χ4n) is 1.65. The van der Waals surface area contributed by atoms with Crippen LogP contribution in [0.15, 0.2) is 0 Å². The third-order valence-electron chi connectivity index (χ3n) is 2.30. The number of rotatable bonds is 7. The van der Waals surface area contributed by atoms with Crippen molar-refractivity contribution in [3.05, 3.63) is 0 Å². The van der Waals surface area contributed by atoms with E-state index in [0.717, 1.165) is 19.3 Å². The molecule has 3 heteroatoms. The number of carbonyl (C=O) groups is 1. The zero-order valence-corrected chi connectivity index (χ0v) is 10.5. The lowest BCUT2D eigenvalue weighted by Gasteiger charge is -2.24. The van der Waals surface area contributed by atoms with Gasteiger partial charge in [0.05, 0.1) is 12.5 Å². The number of hydrogen-bond acceptors (Lipinski definition) is 3. The molecule has 15 heavy (non-hydrogen) atoms. The van der Waals surface area contributed by atoms with Crippen LogP contribution in [0, 0.1) is 5.92 Å². The Bertz CT molecular complexity index is 185. The Balaban J connectivity index is 4.23. The summed E-state index contributed by atoms with van der Waals surface area (Å²) < 4.78 is 5.05. The molecule has 1 unspecified atom stereocenters. The van der Waals surface area contributed by atoms with E-state index >= 15 is 0 Å². The monoisotopic (exact) mass is 215 g/mol. The van der Waals surface area contributed by atoms with Gasteiger partial charge in [0.25, 0.3) is 0 Å². The minimum atomic E-state index is -0.300. The van der Waals surface area contributed by atoms with Gasteiger partial charge in [-0.2, -0.15) is 0 Å². The summed E-state index contributed by atoms with van der Waals surface area (Å²) in [6, 6.07) is 0. The Labute approximate surface area is 93.4 Å². The molecule has 0 saturated heterocycles. The average molecular weight is 215 g/mol. The van der Waals surface area contributed by atoms with Gasteiger partial charge in [0.1, 0.15) is 0 Å². The maximum Gasteiger partial charge on any atom is 0.308 e. The van der Waals surface area contributed by atoms with Crippen molar-refractivity contribution < 1.29 is 9.53 Å². The molecule has 0 aromatic carbocycles. The lowest BCUT2D eigenvalue weighted by Crippen LogP contribution is -2.37. The maximum absolute atomic E-state index is 11.6. The fraction of sp³-hybridized carbons (Fsp3) is 0.917. The van der Waals surface area contributed by atoms with Gasteiger partial charge in [-0.25, -0.2) is 0 Å². The van der Waals surface area contributed by atoms with Crippen LogP contribution in [0.4, 0.5) is 0 Å². The molecule has 0 fully saturated rings. The van der Waals surface area contributed by atoms with Crippen LogP contribution in [0.5, 0.6) is 0 Å². The highest BCUT2D eigenvalue weighted by molar-refractivity contribution is 5.72. The molecule has 3 nitrogen and oxygen atoms in total. The Morgan fingerprint density at radius 3 is 2.40 bits per heavy atom. The van der Waals surface area contributed by atoms with Crippen molar-refractivity contribution in [3.8, 4) is 0 Å². The third kappa shape index (κ3) is 7.37. The highest BCUT2D eigenvalue weighted by Crippen LogP contribution is 2.21. The lowest BCUT2D eigenvalue weighted by atomic mass is 9.88. The standard InChI is InChI=1S/C12H25NO2/c1-5-7-8-10(9-12(3,4)13)11(14)15-6-2/h10H,5-9,13H2,1-4H3. The van der Waals surface area contributed by atoms with E-state index in [1.807, 2.05) is 20.8 Å². The summed E-state index contributed by atoms with van der Waals surface area (Å²) >= 11 is 0. The van der Waals surface area contributed by atoms with Crippen molar-refractivity contribution in [2.75, 3.05) is 6.61 Å².